The van der Waals surface area contributed by atoms with Gasteiger partial charge in [0.1, 0.15) is 5.69 Å². The van der Waals surface area contributed by atoms with E-state index in [1.807, 2.05) is 25.1 Å². The minimum absolute atomic E-state index is 0.121. The number of fused-ring (bicyclic) bond motifs is 1. The molecule has 27 heavy (non-hydrogen) atoms. The van der Waals surface area contributed by atoms with Crippen LogP contribution in [0.25, 0.3) is 10.8 Å². The second-order valence-corrected chi connectivity index (χ2v) is 7.03. The Balaban J connectivity index is 1.59. The van der Waals surface area contributed by atoms with Crippen LogP contribution >= 0.6 is 15.9 Å². The number of halogens is 1. The predicted octanol–water partition coefficient (Wildman–Crippen LogP) is 3.36. The van der Waals surface area contributed by atoms with Gasteiger partial charge in [0.25, 0.3) is 11.5 Å². The van der Waals surface area contributed by atoms with Crippen molar-refractivity contribution in [2.75, 3.05) is 11.9 Å². The number of H-pyrrole nitrogens is 1. The molecule has 0 radical (unpaired) electrons. The Morgan fingerprint density at radius 2 is 1.89 bits per heavy atom. The molecule has 6 nitrogen and oxygen atoms in total. The predicted molar refractivity (Wildman–Crippen MR) is 109 cm³/mol. The number of anilines is 1. The Morgan fingerprint density at radius 3 is 2.70 bits per heavy atom. The highest BCUT2D eigenvalue weighted by Crippen LogP contribution is 2.20. The highest BCUT2D eigenvalue weighted by atomic mass is 79.9. The maximum Gasteiger partial charge on any atom is 0.267 e. The van der Waals surface area contributed by atoms with Gasteiger partial charge in [0, 0.05) is 28.5 Å². The monoisotopic (exact) mass is 427 g/mol. The number of hydrogen-bond donors (Lipinski definition) is 3. The number of benzene rings is 2. The molecule has 0 aliphatic heterocycles. The smallest absolute Gasteiger partial charge is 0.267 e. The number of aromatic nitrogens is 1. The van der Waals surface area contributed by atoms with Crippen molar-refractivity contribution in [1.82, 2.24) is 10.3 Å². The highest BCUT2D eigenvalue weighted by Gasteiger charge is 2.10. The molecule has 3 aromatic rings. The van der Waals surface area contributed by atoms with Crippen molar-refractivity contribution < 1.29 is 9.59 Å². The van der Waals surface area contributed by atoms with Gasteiger partial charge >= 0.3 is 0 Å². The molecule has 0 spiro atoms. The molecule has 3 rings (SSSR count). The molecule has 138 valence electrons. The molecule has 0 saturated carbocycles. The molecule has 0 aliphatic carbocycles. The van der Waals surface area contributed by atoms with Crippen LogP contribution in [0.5, 0.6) is 0 Å². The minimum atomic E-state index is -0.427. The van der Waals surface area contributed by atoms with Crippen LogP contribution in [0.15, 0.2) is 57.8 Å². The van der Waals surface area contributed by atoms with E-state index in [9.17, 15) is 14.4 Å². The Kier molecular flexibility index (Phi) is 5.71. The Hall–Kier alpha value is -2.93. The number of hydrogen-bond acceptors (Lipinski definition) is 3. The standard InChI is InChI=1S/C20H18BrN3O3/c1-12-6-7-14(21)11-16(12)23-18(25)8-9-22-20(27)17-10-13-4-2-3-5-15(13)19(26)24-17/h2-7,10-11H,8-9H2,1H3,(H,22,27)(H,23,25)(H,24,26). The van der Waals surface area contributed by atoms with E-state index < -0.39 is 5.91 Å². The fourth-order valence-electron chi connectivity index (χ4n) is 2.66. The third kappa shape index (κ3) is 4.62. The van der Waals surface area contributed by atoms with E-state index in [1.165, 1.54) is 0 Å². The van der Waals surface area contributed by atoms with Crippen molar-refractivity contribution >= 4 is 44.2 Å². The molecule has 1 heterocycles. The molecule has 1 aromatic heterocycles. The maximum absolute atomic E-state index is 12.3. The third-order valence-electron chi connectivity index (χ3n) is 4.11. The van der Waals surface area contributed by atoms with Gasteiger partial charge in [0.2, 0.25) is 5.91 Å². The Labute approximate surface area is 164 Å². The molecule has 0 bridgehead atoms. The van der Waals surface area contributed by atoms with Crippen LogP contribution in [0.2, 0.25) is 0 Å². The van der Waals surface area contributed by atoms with Crippen molar-refractivity contribution in [3.05, 3.63) is 74.6 Å². The van der Waals surface area contributed by atoms with Gasteiger partial charge in [-0.05, 0) is 42.1 Å². The van der Waals surface area contributed by atoms with E-state index in [4.69, 9.17) is 0 Å². The number of rotatable bonds is 5. The summed E-state index contributed by atoms with van der Waals surface area (Å²) >= 11 is 3.37. The highest BCUT2D eigenvalue weighted by molar-refractivity contribution is 9.10. The molecular weight excluding hydrogens is 410 g/mol. The van der Waals surface area contributed by atoms with Crippen LogP contribution in [-0.4, -0.2) is 23.3 Å². The summed E-state index contributed by atoms with van der Waals surface area (Å²) < 4.78 is 0.872. The number of aryl methyl sites for hydroxylation is 1. The average Bonchev–Trinajstić information content (AvgIpc) is 2.64. The van der Waals surface area contributed by atoms with Gasteiger partial charge in [0.05, 0.1) is 0 Å². The first-order valence-electron chi connectivity index (χ1n) is 8.40. The number of aromatic amines is 1. The summed E-state index contributed by atoms with van der Waals surface area (Å²) in [5.41, 5.74) is 1.52. The van der Waals surface area contributed by atoms with Crippen molar-refractivity contribution in [1.29, 1.82) is 0 Å². The summed E-state index contributed by atoms with van der Waals surface area (Å²) in [7, 11) is 0. The zero-order valence-corrected chi connectivity index (χ0v) is 16.2. The maximum atomic E-state index is 12.3. The van der Waals surface area contributed by atoms with Crippen molar-refractivity contribution in [2.45, 2.75) is 13.3 Å². The van der Waals surface area contributed by atoms with Gasteiger partial charge in [0.15, 0.2) is 0 Å². The summed E-state index contributed by atoms with van der Waals surface area (Å²) in [6, 6.07) is 14.3. The zero-order chi connectivity index (χ0) is 19.4. The van der Waals surface area contributed by atoms with Gasteiger partial charge in [-0.15, -0.1) is 0 Å². The number of nitrogens with one attached hydrogen (secondary N) is 3. The summed E-state index contributed by atoms with van der Waals surface area (Å²) in [5, 5.41) is 6.69. The quantitative estimate of drug-likeness (QED) is 0.582. The van der Waals surface area contributed by atoms with E-state index in [0.717, 1.165) is 15.7 Å². The third-order valence-corrected chi connectivity index (χ3v) is 4.60. The number of carbonyl (C=O) groups excluding carboxylic acids is 2. The van der Waals surface area contributed by atoms with Gasteiger partial charge in [-0.3, -0.25) is 14.4 Å². The number of carbonyl (C=O) groups is 2. The topological polar surface area (TPSA) is 91.1 Å². The lowest BCUT2D eigenvalue weighted by Gasteiger charge is -2.10. The summed E-state index contributed by atoms with van der Waals surface area (Å²) in [6.45, 7) is 2.06. The van der Waals surface area contributed by atoms with Crippen LogP contribution in [-0.2, 0) is 4.79 Å². The Bertz CT molecular complexity index is 1080. The van der Waals surface area contributed by atoms with E-state index >= 15 is 0 Å². The molecule has 0 atom stereocenters. The largest absolute Gasteiger partial charge is 0.350 e. The normalized spacial score (nSPS) is 10.6. The van der Waals surface area contributed by atoms with Gasteiger partial charge < -0.3 is 15.6 Å². The van der Waals surface area contributed by atoms with Crippen LogP contribution in [0.4, 0.5) is 5.69 Å². The summed E-state index contributed by atoms with van der Waals surface area (Å²) in [6.07, 6.45) is 0.121. The van der Waals surface area contributed by atoms with Gasteiger partial charge in [-0.2, -0.15) is 0 Å². The first kappa shape index (κ1) is 18.8. The minimum Gasteiger partial charge on any atom is -0.350 e. The molecular formula is C20H18BrN3O3. The summed E-state index contributed by atoms with van der Waals surface area (Å²) in [5.74, 6) is -0.632. The molecule has 0 unspecified atom stereocenters. The lowest BCUT2D eigenvalue weighted by atomic mass is 10.1. The van der Waals surface area contributed by atoms with Crippen molar-refractivity contribution in [3.63, 3.8) is 0 Å². The lowest BCUT2D eigenvalue weighted by molar-refractivity contribution is -0.116. The average molecular weight is 428 g/mol. The number of amides is 2. The van der Waals surface area contributed by atoms with E-state index in [-0.39, 0.29) is 30.1 Å². The van der Waals surface area contributed by atoms with Gasteiger partial charge in [-0.1, -0.05) is 40.2 Å². The van der Waals surface area contributed by atoms with E-state index in [0.29, 0.717) is 10.8 Å². The molecule has 2 aromatic carbocycles. The Morgan fingerprint density at radius 1 is 1.11 bits per heavy atom. The van der Waals surface area contributed by atoms with Crippen LogP contribution in [0, 0.1) is 6.92 Å². The molecule has 0 aliphatic rings. The fraction of sp³-hybridized carbons (Fsp3) is 0.150. The zero-order valence-electron chi connectivity index (χ0n) is 14.6. The van der Waals surface area contributed by atoms with Crippen molar-refractivity contribution in [2.24, 2.45) is 0 Å². The van der Waals surface area contributed by atoms with E-state index in [2.05, 4.69) is 31.5 Å². The molecule has 7 heteroatoms. The van der Waals surface area contributed by atoms with Gasteiger partial charge in [-0.25, -0.2) is 0 Å². The number of pyridine rings is 1. The SMILES string of the molecule is Cc1ccc(Br)cc1NC(=O)CCNC(=O)c1cc2ccccc2c(=O)[nH]1. The first-order chi connectivity index (χ1) is 12.9. The van der Waals surface area contributed by atoms with E-state index in [1.54, 1.807) is 30.3 Å². The molecule has 3 N–H and O–H groups in total. The van der Waals surface area contributed by atoms with Crippen molar-refractivity contribution in [3.8, 4) is 0 Å². The fourth-order valence-corrected chi connectivity index (χ4v) is 3.02. The second-order valence-electron chi connectivity index (χ2n) is 6.11. The van der Waals surface area contributed by atoms with Crippen LogP contribution < -0.4 is 16.2 Å². The molecule has 0 fully saturated rings. The first-order valence-corrected chi connectivity index (χ1v) is 9.19. The lowest BCUT2D eigenvalue weighted by Crippen LogP contribution is -2.29. The molecule has 0 saturated heterocycles. The second kappa shape index (κ2) is 8.18. The van der Waals surface area contributed by atoms with Crippen LogP contribution in [0.1, 0.15) is 22.5 Å². The summed E-state index contributed by atoms with van der Waals surface area (Å²) in [4.78, 5) is 39.0. The molecule has 2 amide bonds. The van der Waals surface area contributed by atoms with Crippen LogP contribution in [0.3, 0.4) is 0 Å².